The molecule has 0 aliphatic rings. The van der Waals surface area contributed by atoms with Gasteiger partial charge in [-0.05, 0) is 42.2 Å². The van der Waals surface area contributed by atoms with Gasteiger partial charge in [0.15, 0.2) is 0 Å². The lowest BCUT2D eigenvalue weighted by Gasteiger charge is -2.11. The van der Waals surface area contributed by atoms with Crippen LogP contribution in [0.4, 0.5) is 0 Å². The Morgan fingerprint density at radius 2 is 1.76 bits per heavy atom. The van der Waals surface area contributed by atoms with E-state index < -0.39 is 0 Å². The fourth-order valence-corrected chi connectivity index (χ4v) is 2.23. The van der Waals surface area contributed by atoms with Crippen molar-refractivity contribution in [2.24, 2.45) is 0 Å². The normalized spacial score (nSPS) is 12.4. The number of rotatable bonds is 4. The van der Waals surface area contributed by atoms with Gasteiger partial charge in [0.1, 0.15) is 0 Å². The van der Waals surface area contributed by atoms with E-state index in [1.54, 1.807) is 12.4 Å². The molecular formula is C14H14BrNO. The molecule has 1 unspecified atom stereocenters. The van der Waals surface area contributed by atoms with E-state index in [0.717, 1.165) is 15.6 Å². The molecule has 1 aromatic heterocycles. The van der Waals surface area contributed by atoms with Gasteiger partial charge in [-0.3, -0.25) is 4.98 Å². The molecule has 1 heterocycles. The van der Waals surface area contributed by atoms with Crippen LogP contribution in [0.15, 0.2) is 53.3 Å². The first-order valence-corrected chi connectivity index (χ1v) is 6.35. The van der Waals surface area contributed by atoms with Crippen LogP contribution in [0.2, 0.25) is 0 Å². The topological polar surface area (TPSA) is 33.1 Å². The van der Waals surface area contributed by atoms with E-state index in [2.05, 4.69) is 20.9 Å². The third kappa shape index (κ3) is 3.65. The zero-order valence-corrected chi connectivity index (χ0v) is 11.0. The van der Waals surface area contributed by atoms with Crippen LogP contribution < -0.4 is 0 Å². The molecule has 0 radical (unpaired) electrons. The number of hydrogen-bond donors (Lipinski definition) is 1. The lowest BCUT2D eigenvalue weighted by atomic mass is 10.0. The molecule has 2 rings (SSSR count). The summed E-state index contributed by atoms with van der Waals surface area (Å²) in [6, 6.07) is 11.9. The number of aliphatic hydroxyl groups is 1. The summed E-state index contributed by atoms with van der Waals surface area (Å²) < 4.78 is 1.05. The van der Waals surface area contributed by atoms with Crippen molar-refractivity contribution in [2.75, 3.05) is 0 Å². The number of nitrogens with zero attached hydrogens (tertiary/aromatic N) is 1. The van der Waals surface area contributed by atoms with Crippen molar-refractivity contribution in [3.05, 3.63) is 64.4 Å². The first kappa shape index (κ1) is 12.3. The van der Waals surface area contributed by atoms with Crippen LogP contribution in [0.1, 0.15) is 11.1 Å². The first-order valence-electron chi connectivity index (χ1n) is 5.56. The largest absolute Gasteiger partial charge is 0.392 e. The maximum Gasteiger partial charge on any atom is 0.0621 e. The second-order valence-electron chi connectivity index (χ2n) is 4.01. The van der Waals surface area contributed by atoms with Crippen LogP contribution in [0.3, 0.4) is 0 Å². The van der Waals surface area contributed by atoms with E-state index in [1.807, 2.05) is 36.4 Å². The van der Waals surface area contributed by atoms with Gasteiger partial charge in [0.25, 0.3) is 0 Å². The number of hydrogen-bond acceptors (Lipinski definition) is 2. The molecule has 2 aromatic rings. The summed E-state index contributed by atoms with van der Waals surface area (Å²) in [6.07, 6.45) is 4.45. The van der Waals surface area contributed by atoms with Crippen LogP contribution in [-0.2, 0) is 12.8 Å². The van der Waals surface area contributed by atoms with Crippen molar-refractivity contribution in [1.29, 1.82) is 0 Å². The Labute approximate surface area is 109 Å². The highest BCUT2D eigenvalue weighted by atomic mass is 79.9. The Morgan fingerprint density at radius 3 is 2.47 bits per heavy atom. The Morgan fingerprint density at radius 1 is 1.06 bits per heavy atom. The van der Waals surface area contributed by atoms with Crippen molar-refractivity contribution < 1.29 is 5.11 Å². The van der Waals surface area contributed by atoms with Gasteiger partial charge in [-0.15, -0.1) is 0 Å². The zero-order chi connectivity index (χ0) is 12.1. The summed E-state index contributed by atoms with van der Waals surface area (Å²) in [5, 5.41) is 10.0. The lowest BCUT2D eigenvalue weighted by Crippen LogP contribution is -2.14. The average Bonchev–Trinajstić information content (AvgIpc) is 2.33. The Bertz CT molecular complexity index is 473. The maximum absolute atomic E-state index is 10.0. The van der Waals surface area contributed by atoms with Crippen LogP contribution in [-0.4, -0.2) is 16.2 Å². The minimum atomic E-state index is -0.365. The summed E-state index contributed by atoms with van der Waals surface area (Å²) in [5.41, 5.74) is 2.24. The Hall–Kier alpha value is -1.19. The number of aliphatic hydroxyl groups excluding tert-OH is 1. The summed E-state index contributed by atoms with van der Waals surface area (Å²) in [7, 11) is 0. The molecule has 0 fully saturated rings. The molecule has 0 saturated carbocycles. The molecule has 0 aliphatic heterocycles. The molecule has 17 heavy (non-hydrogen) atoms. The summed E-state index contributed by atoms with van der Waals surface area (Å²) in [4.78, 5) is 3.96. The Kier molecular flexibility index (Phi) is 4.29. The van der Waals surface area contributed by atoms with E-state index in [4.69, 9.17) is 0 Å². The maximum atomic E-state index is 10.0. The van der Waals surface area contributed by atoms with Gasteiger partial charge in [0.2, 0.25) is 0 Å². The monoisotopic (exact) mass is 291 g/mol. The Balaban J connectivity index is 1.98. The molecule has 88 valence electrons. The van der Waals surface area contributed by atoms with Crippen LogP contribution in [0.5, 0.6) is 0 Å². The highest BCUT2D eigenvalue weighted by molar-refractivity contribution is 9.10. The van der Waals surface area contributed by atoms with Crippen molar-refractivity contribution in [3.63, 3.8) is 0 Å². The molecule has 1 N–H and O–H groups in total. The fraction of sp³-hybridized carbons (Fsp3) is 0.214. The SMILES string of the molecule is OC(Cc1ccncc1)Cc1ccccc1Br. The lowest BCUT2D eigenvalue weighted by molar-refractivity contribution is 0.175. The standard InChI is InChI=1S/C14H14BrNO/c15-14-4-2-1-3-12(14)10-13(17)9-11-5-7-16-8-6-11/h1-8,13,17H,9-10H2. The predicted octanol–water partition coefficient (Wildman–Crippen LogP) is 2.99. The van der Waals surface area contributed by atoms with E-state index >= 15 is 0 Å². The van der Waals surface area contributed by atoms with Gasteiger partial charge in [0.05, 0.1) is 6.10 Å². The van der Waals surface area contributed by atoms with Gasteiger partial charge in [-0.2, -0.15) is 0 Å². The quantitative estimate of drug-likeness (QED) is 0.939. The third-order valence-corrected chi connectivity index (χ3v) is 3.41. The molecule has 0 saturated heterocycles. The fourth-order valence-electron chi connectivity index (χ4n) is 1.78. The average molecular weight is 292 g/mol. The minimum Gasteiger partial charge on any atom is -0.392 e. The van der Waals surface area contributed by atoms with Crippen LogP contribution in [0.25, 0.3) is 0 Å². The molecular weight excluding hydrogens is 278 g/mol. The summed E-state index contributed by atoms with van der Waals surface area (Å²) in [6.45, 7) is 0. The van der Waals surface area contributed by atoms with E-state index in [9.17, 15) is 5.11 Å². The number of benzene rings is 1. The van der Waals surface area contributed by atoms with Crippen molar-refractivity contribution in [2.45, 2.75) is 18.9 Å². The minimum absolute atomic E-state index is 0.365. The highest BCUT2D eigenvalue weighted by Crippen LogP contribution is 2.18. The molecule has 0 aliphatic carbocycles. The molecule has 2 nitrogen and oxygen atoms in total. The van der Waals surface area contributed by atoms with Gasteiger partial charge in [0, 0.05) is 16.9 Å². The predicted molar refractivity (Wildman–Crippen MR) is 71.8 cm³/mol. The summed E-state index contributed by atoms with van der Waals surface area (Å²) in [5.74, 6) is 0. The van der Waals surface area contributed by atoms with E-state index in [0.29, 0.717) is 12.8 Å². The van der Waals surface area contributed by atoms with Crippen molar-refractivity contribution >= 4 is 15.9 Å². The second-order valence-corrected chi connectivity index (χ2v) is 4.86. The molecule has 3 heteroatoms. The van der Waals surface area contributed by atoms with E-state index in [-0.39, 0.29) is 6.10 Å². The second kappa shape index (κ2) is 5.94. The summed E-state index contributed by atoms with van der Waals surface area (Å²) >= 11 is 3.49. The zero-order valence-electron chi connectivity index (χ0n) is 9.38. The van der Waals surface area contributed by atoms with E-state index in [1.165, 1.54) is 0 Å². The van der Waals surface area contributed by atoms with Crippen molar-refractivity contribution in [1.82, 2.24) is 4.98 Å². The van der Waals surface area contributed by atoms with Gasteiger partial charge < -0.3 is 5.11 Å². The van der Waals surface area contributed by atoms with Gasteiger partial charge in [-0.25, -0.2) is 0 Å². The molecule has 1 atom stereocenters. The van der Waals surface area contributed by atoms with Crippen LogP contribution >= 0.6 is 15.9 Å². The smallest absolute Gasteiger partial charge is 0.0621 e. The van der Waals surface area contributed by atoms with Gasteiger partial charge >= 0.3 is 0 Å². The van der Waals surface area contributed by atoms with Crippen molar-refractivity contribution in [3.8, 4) is 0 Å². The van der Waals surface area contributed by atoms with Crippen LogP contribution in [0, 0.1) is 0 Å². The first-order chi connectivity index (χ1) is 8.25. The highest BCUT2D eigenvalue weighted by Gasteiger charge is 2.08. The third-order valence-electron chi connectivity index (χ3n) is 2.63. The molecule has 0 spiro atoms. The molecule has 1 aromatic carbocycles. The number of halogens is 1. The molecule has 0 amide bonds. The number of pyridine rings is 1. The number of aromatic nitrogens is 1. The van der Waals surface area contributed by atoms with Gasteiger partial charge in [-0.1, -0.05) is 34.1 Å². The molecule has 0 bridgehead atoms.